The van der Waals surface area contributed by atoms with Gasteiger partial charge in [-0.15, -0.1) is 0 Å². The smallest absolute Gasteiger partial charge is 0.264 e. The van der Waals surface area contributed by atoms with E-state index in [4.69, 9.17) is 0 Å². The first-order valence-corrected chi connectivity index (χ1v) is 8.19. The van der Waals surface area contributed by atoms with Crippen LogP contribution in [0.1, 0.15) is 6.92 Å². The summed E-state index contributed by atoms with van der Waals surface area (Å²) in [6, 6.07) is -0.240. The molecule has 1 atom stereocenters. The predicted octanol–water partition coefficient (Wildman–Crippen LogP) is 0.478. The monoisotopic (exact) mass is 229 g/mol. The molecule has 0 rings (SSSR count). The SMILES string of the molecule is CC(COS(C)(=O)=O)NP(C)(C)=O. The fraction of sp³-hybridized carbons (Fsp3) is 1.00. The quantitative estimate of drug-likeness (QED) is 0.548. The molecule has 0 aromatic heterocycles. The van der Waals surface area contributed by atoms with Gasteiger partial charge < -0.3 is 4.57 Å². The first kappa shape index (κ1) is 13.1. The van der Waals surface area contributed by atoms with Gasteiger partial charge in [0.15, 0.2) is 0 Å². The molecule has 0 fully saturated rings. The number of rotatable bonds is 5. The van der Waals surface area contributed by atoms with E-state index < -0.39 is 17.4 Å². The van der Waals surface area contributed by atoms with Gasteiger partial charge in [-0.3, -0.25) is 9.27 Å². The molecule has 0 saturated heterocycles. The van der Waals surface area contributed by atoms with E-state index in [1.807, 2.05) is 0 Å². The first-order valence-electron chi connectivity index (χ1n) is 3.77. The van der Waals surface area contributed by atoms with E-state index in [-0.39, 0.29) is 12.6 Å². The van der Waals surface area contributed by atoms with Crippen LogP contribution in [0.5, 0.6) is 0 Å². The summed E-state index contributed by atoms with van der Waals surface area (Å²) in [6.45, 7) is 4.86. The highest BCUT2D eigenvalue weighted by atomic mass is 32.2. The van der Waals surface area contributed by atoms with Gasteiger partial charge in [0.2, 0.25) is 0 Å². The Bertz CT molecular complexity index is 294. The van der Waals surface area contributed by atoms with Crippen molar-refractivity contribution < 1.29 is 17.2 Å². The molecular weight excluding hydrogens is 213 g/mol. The van der Waals surface area contributed by atoms with Gasteiger partial charge in [0.05, 0.1) is 12.9 Å². The van der Waals surface area contributed by atoms with E-state index in [1.165, 1.54) is 0 Å². The van der Waals surface area contributed by atoms with Crippen molar-refractivity contribution >= 4 is 17.4 Å². The second-order valence-corrected chi connectivity index (χ2v) is 7.97. The lowest BCUT2D eigenvalue weighted by Crippen LogP contribution is -2.28. The van der Waals surface area contributed by atoms with Gasteiger partial charge in [-0.1, -0.05) is 0 Å². The van der Waals surface area contributed by atoms with Gasteiger partial charge in [0.1, 0.15) is 7.29 Å². The molecule has 5 nitrogen and oxygen atoms in total. The zero-order valence-corrected chi connectivity index (χ0v) is 9.98. The van der Waals surface area contributed by atoms with Crippen molar-refractivity contribution in [3.8, 4) is 0 Å². The first-order chi connectivity index (χ1) is 5.60. The summed E-state index contributed by atoms with van der Waals surface area (Å²) < 4.78 is 36.9. The van der Waals surface area contributed by atoms with E-state index in [1.54, 1.807) is 20.3 Å². The molecule has 0 aliphatic rings. The fourth-order valence-electron chi connectivity index (χ4n) is 0.794. The summed E-state index contributed by atoms with van der Waals surface area (Å²) in [7, 11) is -5.73. The van der Waals surface area contributed by atoms with Crippen LogP contribution in [0.15, 0.2) is 0 Å². The van der Waals surface area contributed by atoms with Crippen molar-refractivity contribution in [2.75, 3.05) is 26.2 Å². The lowest BCUT2D eigenvalue weighted by atomic mass is 10.4. The zero-order chi connectivity index (χ0) is 10.7. The second kappa shape index (κ2) is 4.55. The van der Waals surface area contributed by atoms with Crippen molar-refractivity contribution in [3.05, 3.63) is 0 Å². The molecule has 0 spiro atoms. The van der Waals surface area contributed by atoms with Crippen molar-refractivity contribution in [1.82, 2.24) is 5.09 Å². The standard InChI is InChI=1S/C6H16NO4PS/c1-6(7-12(2,3)8)5-11-13(4,9)10/h6H,5H2,1-4H3,(H,7,8). The molecule has 0 bridgehead atoms. The second-order valence-electron chi connectivity index (χ2n) is 3.37. The molecule has 0 saturated carbocycles. The Morgan fingerprint density at radius 1 is 1.46 bits per heavy atom. The maximum Gasteiger partial charge on any atom is 0.264 e. The third kappa shape index (κ3) is 10.0. The number of nitrogens with one attached hydrogen (secondary N) is 1. The molecule has 0 heterocycles. The van der Waals surface area contributed by atoms with Crippen LogP contribution >= 0.6 is 7.29 Å². The van der Waals surface area contributed by atoms with Crippen LogP contribution in [0.25, 0.3) is 0 Å². The number of hydrogen-bond acceptors (Lipinski definition) is 4. The fourth-order valence-corrected chi connectivity index (χ4v) is 2.38. The maximum absolute atomic E-state index is 11.2. The van der Waals surface area contributed by atoms with Crippen LogP contribution in [-0.2, 0) is 18.9 Å². The topological polar surface area (TPSA) is 72.5 Å². The van der Waals surface area contributed by atoms with Gasteiger partial charge in [-0.25, -0.2) is 0 Å². The van der Waals surface area contributed by atoms with Gasteiger partial charge in [-0.05, 0) is 6.92 Å². The molecule has 13 heavy (non-hydrogen) atoms. The summed E-state index contributed by atoms with van der Waals surface area (Å²) in [5, 5.41) is 2.76. The summed E-state index contributed by atoms with van der Waals surface area (Å²) in [6.07, 6.45) is 0.983. The highest BCUT2D eigenvalue weighted by molar-refractivity contribution is 7.85. The summed E-state index contributed by atoms with van der Waals surface area (Å²) in [5.74, 6) is 0. The summed E-state index contributed by atoms with van der Waals surface area (Å²) in [4.78, 5) is 0. The van der Waals surface area contributed by atoms with E-state index in [2.05, 4.69) is 9.27 Å². The molecule has 0 amide bonds. The lowest BCUT2D eigenvalue weighted by Gasteiger charge is -2.16. The minimum absolute atomic E-state index is 0.00447. The minimum atomic E-state index is -3.40. The van der Waals surface area contributed by atoms with E-state index in [9.17, 15) is 13.0 Å². The Labute approximate surface area is 79.4 Å². The van der Waals surface area contributed by atoms with Crippen molar-refractivity contribution in [1.29, 1.82) is 0 Å². The molecule has 0 aliphatic heterocycles. The van der Waals surface area contributed by atoms with Gasteiger partial charge >= 0.3 is 0 Å². The van der Waals surface area contributed by atoms with E-state index in [0.29, 0.717) is 0 Å². The highest BCUT2D eigenvalue weighted by Crippen LogP contribution is 2.30. The lowest BCUT2D eigenvalue weighted by molar-refractivity contribution is 0.293. The average Bonchev–Trinajstić information content (AvgIpc) is 1.78. The van der Waals surface area contributed by atoms with Crippen LogP contribution < -0.4 is 5.09 Å². The van der Waals surface area contributed by atoms with Crippen LogP contribution in [-0.4, -0.2) is 40.7 Å². The molecule has 0 aliphatic carbocycles. The van der Waals surface area contributed by atoms with Gasteiger partial charge in [-0.2, -0.15) is 8.42 Å². The van der Waals surface area contributed by atoms with Crippen LogP contribution in [0.3, 0.4) is 0 Å². The highest BCUT2D eigenvalue weighted by Gasteiger charge is 2.13. The van der Waals surface area contributed by atoms with Crippen LogP contribution in [0.2, 0.25) is 0 Å². The van der Waals surface area contributed by atoms with E-state index in [0.717, 1.165) is 6.26 Å². The summed E-state index contributed by atoms with van der Waals surface area (Å²) >= 11 is 0. The normalized spacial score (nSPS) is 15.7. The Hall–Kier alpha value is 0.1000. The minimum Gasteiger partial charge on any atom is -0.307 e. The largest absolute Gasteiger partial charge is 0.307 e. The maximum atomic E-state index is 11.2. The Balaban J connectivity index is 3.91. The van der Waals surface area contributed by atoms with Gasteiger partial charge in [0.25, 0.3) is 10.1 Å². The van der Waals surface area contributed by atoms with Gasteiger partial charge in [0, 0.05) is 19.4 Å². The molecule has 80 valence electrons. The van der Waals surface area contributed by atoms with E-state index >= 15 is 0 Å². The summed E-state index contributed by atoms with van der Waals surface area (Å²) in [5.41, 5.74) is 0. The van der Waals surface area contributed by atoms with Crippen LogP contribution in [0.4, 0.5) is 0 Å². The molecule has 1 unspecified atom stereocenters. The molecule has 0 radical (unpaired) electrons. The van der Waals surface area contributed by atoms with Crippen LogP contribution in [0, 0.1) is 0 Å². The van der Waals surface area contributed by atoms with Crippen molar-refractivity contribution in [2.45, 2.75) is 13.0 Å². The third-order valence-electron chi connectivity index (χ3n) is 1.06. The zero-order valence-electron chi connectivity index (χ0n) is 8.27. The average molecular weight is 229 g/mol. The predicted molar refractivity (Wildman–Crippen MR) is 52.8 cm³/mol. The molecule has 0 aromatic rings. The molecule has 0 aromatic carbocycles. The molecular formula is C6H16NO4PS. The Morgan fingerprint density at radius 3 is 2.23 bits per heavy atom. The third-order valence-corrected chi connectivity index (χ3v) is 2.69. The molecule has 1 N–H and O–H groups in total. The Morgan fingerprint density at radius 2 is 1.92 bits per heavy atom. The van der Waals surface area contributed by atoms with Crippen molar-refractivity contribution in [2.24, 2.45) is 0 Å². The molecule has 7 heteroatoms. The Kier molecular flexibility index (Phi) is 4.59. The number of hydrogen-bond donors (Lipinski definition) is 1. The van der Waals surface area contributed by atoms with Crippen molar-refractivity contribution in [3.63, 3.8) is 0 Å².